The number of imidazole rings is 1. The summed E-state index contributed by atoms with van der Waals surface area (Å²) in [5.74, 6) is 0.337. The third-order valence-corrected chi connectivity index (χ3v) is 11.5. The van der Waals surface area contributed by atoms with Crippen molar-refractivity contribution in [1.82, 2.24) is 24.7 Å². The van der Waals surface area contributed by atoms with Crippen molar-refractivity contribution in [3.05, 3.63) is 88.2 Å². The Morgan fingerprint density at radius 1 is 1.06 bits per heavy atom. The number of amides is 3. The number of nitrogen functional groups attached to an aromatic ring is 1. The highest BCUT2D eigenvalue weighted by atomic mass is 35.5. The summed E-state index contributed by atoms with van der Waals surface area (Å²) in [4.78, 5) is 36.2. The molecule has 0 aliphatic carbocycles. The summed E-state index contributed by atoms with van der Waals surface area (Å²) < 4.78 is 44.4. The summed E-state index contributed by atoms with van der Waals surface area (Å²) in [5.41, 5.74) is 8.26. The van der Waals surface area contributed by atoms with Crippen LogP contribution >= 0.6 is 11.6 Å². The third-order valence-electron chi connectivity index (χ3n) is 11.2. The van der Waals surface area contributed by atoms with E-state index in [1.165, 1.54) is 6.07 Å². The lowest BCUT2D eigenvalue weighted by molar-refractivity contribution is -0.137. The fourth-order valence-electron chi connectivity index (χ4n) is 8.35. The molecule has 0 bridgehead atoms. The van der Waals surface area contributed by atoms with E-state index in [1.807, 2.05) is 58.3 Å². The molecule has 4 heterocycles. The number of rotatable bonds is 8. The van der Waals surface area contributed by atoms with Gasteiger partial charge in [0, 0.05) is 49.7 Å². The maximum atomic E-state index is 14.2. The van der Waals surface area contributed by atoms with Crippen LogP contribution in [0.1, 0.15) is 73.5 Å². The van der Waals surface area contributed by atoms with Gasteiger partial charge in [0.15, 0.2) is 0 Å². The number of benzene rings is 3. The predicted octanol–water partition coefficient (Wildman–Crippen LogP) is 7.65. The van der Waals surface area contributed by atoms with E-state index in [2.05, 4.69) is 22.1 Å². The summed E-state index contributed by atoms with van der Waals surface area (Å²) in [7, 11) is 0. The normalized spacial score (nSPS) is 19.9. The van der Waals surface area contributed by atoms with Gasteiger partial charge < -0.3 is 30.7 Å². The first-order valence-electron chi connectivity index (χ1n) is 18.2. The molecule has 13 heteroatoms. The quantitative estimate of drug-likeness (QED) is 0.161. The molecule has 0 spiro atoms. The minimum Gasteiger partial charge on any atom is -0.397 e. The van der Waals surface area contributed by atoms with E-state index in [1.54, 1.807) is 0 Å². The number of alkyl halides is 3. The standard InChI is InChI=1S/C39H45ClF3N7O2/c1-24(27-8-6-15-45-23-27)50-34-11-5-4-10-33(34)46-37(50)28(19-25-20-30(39(41,42)43)36(44)31(40)21-25)22-35(51)48-16-13-29(14-17-48)49-18-12-26-7-2-3-9-32(26)47-38(49)52/h2-5,7,9-11,20-21,24,27-29,45H,6,8,12-19,22-23,44H2,1H3,(H,47,52). The average molecular weight is 736 g/mol. The van der Waals surface area contributed by atoms with Gasteiger partial charge in [-0.3, -0.25) is 4.79 Å². The molecule has 2 saturated heterocycles. The number of nitrogens with zero attached hydrogens (tertiary/aromatic N) is 4. The van der Waals surface area contributed by atoms with E-state index < -0.39 is 23.3 Å². The Morgan fingerprint density at radius 3 is 2.56 bits per heavy atom. The van der Waals surface area contributed by atoms with Crippen molar-refractivity contribution in [2.75, 3.05) is 43.8 Å². The molecule has 7 rings (SSSR count). The molecule has 52 heavy (non-hydrogen) atoms. The molecule has 3 aliphatic heterocycles. The van der Waals surface area contributed by atoms with E-state index in [4.69, 9.17) is 22.3 Å². The highest BCUT2D eigenvalue weighted by Gasteiger charge is 2.37. The van der Waals surface area contributed by atoms with Gasteiger partial charge in [0.05, 0.1) is 27.3 Å². The van der Waals surface area contributed by atoms with Crippen molar-refractivity contribution in [3.63, 3.8) is 0 Å². The van der Waals surface area contributed by atoms with Crippen LogP contribution in [0, 0.1) is 5.92 Å². The maximum absolute atomic E-state index is 14.2. The Labute approximate surface area is 306 Å². The van der Waals surface area contributed by atoms with Crippen molar-refractivity contribution in [1.29, 1.82) is 0 Å². The maximum Gasteiger partial charge on any atom is 0.418 e. The van der Waals surface area contributed by atoms with Gasteiger partial charge in [-0.1, -0.05) is 41.9 Å². The van der Waals surface area contributed by atoms with Crippen LogP contribution in [0.2, 0.25) is 5.02 Å². The highest BCUT2D eigenvalue weighted by molar-refractivity contribution is 6.33. The van der Waals surface area contributed by atoms with Crippen molar-refractivity contribution >= 4 is 45.9 Å². The minimum atomic E-state index is -4.69. The minimum absolute atomic E-state index is 0.0129. The zero-order valence-electron chi connectivity index (χ0n) is 29.3. The van der Waals surface area contributed by atoms with Crippen LogP contribution in [-0.2, 0) is 23.8 Å². The van der Waals surface area contributed by atoms with E-state index >= 15 is 0 Å². The molecule has 2 fully saturated rings. The molecule has 1 aromatic heterocycles. The zero-order chi connectivity index (χ0) is 36.6. The predicted molar refractivity (Wildman–Crippen MR) is 197 cm³/mol. The van der Waals surface area contributed by atoms with E-state index in [-0.39, 0.29) is 41.9 Å². The zero-order valence-corrected chi connectivity index (χ0v) is 30.0. The van der Waals surface area contributed by atoms with Crippen molar-refractivity contribution in [2.45, 2.75) is 76.0 Å². The number of carbonyl (C=O) groups is 2. The number of hydrogen-bond acceptors (Lipinski definition) is 5. The molecule has 3 unspecified atom stereocenters. The van der Waals surface area contributed by atoms with Crippen LogP contribution in [-0.4, -0.2) is 70.1 Å². The SMILES string of the molecule is CC(C1CCCNC1)n1c(C(CC(=O)N2CCC(N3CCc4ccccc4NC3=O)CC2)Cc2cc(Cl)c(N)c(C(F)(F)F)c2)nc2ccccc21. The monoisotopic (exact) mass is 735 g/mol. The number of para-hydroxylation sites is 3. The summed E-state index contributed by atoms with van der Waals surface area (Å²) in [5, 5.41) is 6.38. The lowest BCUT2D eigenvalue weighted by Gasteiger charge is -2.38. The number of halogens is 4. The number of hydrogen-bond donors (Lipinski definition) is 3. The number of nitrogens with one attached hydrogen (secondary N) is 2. The molecule has 276 valence electrons. The van der Waals surface area contributed by atoms with Crippen LogP contribution in [0.5, 0.6) is 0 Å². The number of nitrogens with two attached hydrogens (primary N) is 1. The second-order valence-corrected chi connectivity index (χ2v) is 14.9. The number of piperidine rings is 2. The van der Waals surface area contributed by atoms with Crippen LogP contribution in [0.25, 0.3) is 11.0 Å². The average Bonchev–Trinajstić information content (AvgIpc) is 3.44. The summed E-state index contributed by atoms with van der Waals surface area (Å²) >= 11 is 6.29. The second-order valence-electron chi connectivity index (χ2n) is 14.5. The van der Waals surface area contributed by atoms with Gasteiger partial charge in [-0.05, 0) is 106 Å². The number of aromatic nitrogens is 2. The number of carbonyl (C=O) groups excluding carboxylic acids is 2. The van der Waals surface area contributed by atoms with E-state index in [0.29, 0.717) is 49.8 Å². The van der Waals surface area contributed by atoms with Crippen LogP contribution in [0.4, 0.5) is 29.3 Å². The summed E-state index contributed by atoms with van der Waals surface area (Å²) in [6.45, 7) is 5.51. The Morgan fingerprint density at radius 2 is 1.81 bits per heavy atom. The van der Waals surface area contributed by atoms with Gasteiger partial charge in [0.25, 0.3) is 0 Å². The molecule has 3 amide bonds. The van der Waals surface area contributed by atoms with Gasteiger partial charge >= 0.3 is 12.2 Å². The van der Waals surface area contributed by atoms with Gasteiger partial charge in [0.1, 0.15) is 5.82 Å². The fraction of sp³-hybridized carbons (Fsp3) is 0.462. The van der Waals surface area contributed by atoms with Crippen molar-refractivity contribution in [3.8, 4) is 0 Å². The molecule has 3 aliphatic rings. The van der Waals surface area contributed by atoms with E-state index in [9.17, 15) is 22.8 Å². The lowest BCUT2D eigenvalue weighted by atomic mass is 9.90. The van der Waals surface area contributed by atoms with Crippen LogP contribution in [0.15, 0.2) is 60.7 Å². The Kier molecular flexibility index (Phi) is 10.4. The molecule has 4 N–H and O–H groups in total. The van der Waals surface area contributed by atoms with Gasteiger partial charge in [-0.25, -0.2) is 9.78 Å². The number of anilines is 2. The topological polar surface area (TPSA) is 109 Å². The summed E-state index contributed by atoms with van der Waals surface area (Å²) in [6.07, 6.45) is -0.447. The number of likely N-dealkylation sites (tertiary alicyclic amines) is 1. The first-order valence-corrected chi connectivity index (χ1v) is 18.6. The third kappa shape index (κ3) is 7.45. The first-order chi connectivity index (χ1) is 25.0. The lowest BCUT2D eigenvalue weighted by Crippen LogP contribution is -2.50. The van der Waals surface area contributed by atoms with Crippen LogP contribution in [0.3, 0.4) is 0 Å². The molecule has 0 radical (unpaired) electrons. The summed E-state index contributed by atoms with van der Waals surface area (Å²) in [6, 6.07) is 18.1. The van der Waals surface area contributed by atoms with Crippen LogP contribution < -0.4 is 16.4 Å². The molecular weight excluding hydrogens is 691 g/mol. The van der Waals surface area contributed by atoms with Gasteiger partial charge in [-0.2, -0.15) is 13.2 Å². The fourth-order valence-corrected chi connectivity index (χ4v) is 8.59. The highest BCUT2D eigenvalue weighted by Crippen LogP contribution is 2.40. The molecule has 3 aromatic carbocycles. The van der Waals surface area contributed by atoms with E-state index in [0.717, 1.165) is 60.7 Å². The molecular formula is C39H45ClF3N7O2. The Balaban J connectivity index is 1.16. The molecule has 9 nitrogen and oxygen atoms in total. The smallest absolute Gasteiger partial charge is 0.397 e. The molecule has 4 aromatic rings. The Hall–Kier alpha value is -4.29. The molecule has 3 atom stereocenters. The number of fused-ring (bicyclic) bond motifs is 2. The number of urea groups is 1. The molecule has 0 saturated carbocycles. The second kappa shape index (κ2) is 15.0. The Bertz CT molecular complexity index is 1930. The van der Waals surface area contributed by atoms with Crippen molar-refractivity contribution in [2.24, 2.45) is 5.92 Å². The largest absolute Gasteiger partial charge is 0.418 e. The first kappa shape index (κ1) is 36.1. The van der Waals surface area contributed by atoms with Gasteiger partial charge in [-0.15, -0.1) is 0 Å². The van der Waals surface area contributed by atoms with Crippen molar-refractivity contribution < 1.29 is 22.8 Å². The van der Waals surface area contributed by atoms with Gasteiger partial charge in [0.2, 0.25) is 5.91 Å².